The van der Waals surface area contributed by atoms with Crippen molar-refractivity contribution in [1.82, 2.24) is 19.3 Å². The molecule has 2 aromatic carbocycles. The lowest BCUT2D eigenvalue weighted by Crippen LogP contribution is -2.15. The van der Waals surface area contributed by atoms with Gasteiger partial charge < -0.3 is 10.1 Å². The van der Waals surface area contributed by atoms with Gasteiger partial charge in [-0.05, 0) is 48.9 Å². The van der Waals surface area contributed by atoms with E-state index >= 15 is 0 Å². The normalized spacial score (nSPS) is 10.7. The zero-order chi connectivity index (χ0) is 23.0. The van der Waals surface area contributed by atoms with E-state index in [9.17, 15) is 9.59 Å². The Labute approximate surface area is 195 Å². The number of carbonyl (C=O) groups is 2. The first-order chi connectivity index (χ1) is 16.1. The van der Waals surface area contributed by atoms with E-state index in [4.69, 9.17) is 4.74 Å². The van der Waals surface area contributed by atoms with Gasteiger partial charge in [-0.2, -0.15) is 0 Å². The second kappa shape index (κ2) is 10.6. The molecule has 0 bridgehead atoms. The zero-order valence-corrected chi connectivity index (χ0v) is 18.9. The highest BCUT2D eigenvalue weighted by atomic mass is 32.2. The maximum Gasteiger partial charge on any atom is 0.338 e. The lowest BCUT2D eigenvalue weighted by Gasteiger charge is -2.11. The quantitative estimate of drug-likeness (QED) is 0.299. The molecular weight excluding hydrogens is 438 g/mol. The van der Waals surface area contributed by atoms with Crippen LogP contribution in [0.15, 0.2) is 84.3 Å². The van der Waals surface area contributed by atoms with Crippen molar-refractivity contribution in [2.45, 2.75) is 18.6 Å². The summed E-state index contributed by atoms with van der Waals surface area (Å²) >= 11 is 1.32. The Kier molecular flexibility index (Phi) is 7.21. The van der Waals surface area contributed by atoms with Gasteiger partial charge >= 0.3 is 5.97 Å². The van der Waals surface area contributed by atoms with Crippen LogP contribution in [0.25, 0.3) is 5.95 Å². The highest BCUT2D eigenvalue weighted by Gasteiger charge is 2.16. The summed E-state index contributed by atoms with van der Waals surface area (Å²) in [5, 5.41) is 12.1. The standard InChI is InChI=1S/C24H23N5O3S/c1-2-32-22(31)19-10-12-20(13-11-19)25-21(30)17-33-24-27-26-23(28-14-6-7-15-28)29(24)16-18-8-4-3-5-9-18/h3-15H,2,16-17H2,1H3,(H,25,30). The molecule has 0 saturated heterocycles. The van der Waals surface area contributed by atoms with Crippen LogP contribution in [0.3, 0.4) is 0 Å². The van der Waals surface area contributed by atoms with Gasteiger partial charge in [-0.25, -0.2) is 4.79 Å². The highest BCUT2D eigenvalue weighted by molar-refractivity contribution is 7.99. The van der Waals surface area contributed by atoms with Gasteiger partial charge in [0.15, 0.2) is 5.16 Å². The number of esters is 1. The summed E-state index contributed by atoms with van der Waals surface area (Å²) in [6.07, 6.45) is 3.82. The Morgan fingerprint density at radius 1 is 0.970 bits per heavy atom. The van der Waals surface area contributed by atoms with Crippen LogP contribution in [0.1, 0.15) is 22.8 Å². The average Bonchev–Trinajstić information content (AvgIpc) is 3.49. The number of thioether (sulfide) groups is 1. The molecule has 0 aliphatic rings. The number of rotatable bonds is 9. The van der Waals surface area contributed by atoms with Crippen molar-refractivity contribution in [2.24, 2.45) is 0 Å². The van der Waals surface area contributed by atoms with Crippen LogP contribution in [0, 0.1) is 0 Å². The van der Waals surface area contributed by atoms with Gasteiger partial charge in [0.2, 0.25) is 11.9 Å². The Morgan fingerprint density at radius 3 is 2.39 bits per heavy atom. The second-order valence-corrected chi connectivity index (χ2v) is 8.02. The largest absolute Gasteiger partial charge is 0.462 e. The SMILES string of the molecule is CCOC(=O)c1ccc(NC(=O)CSc2nnc(-n3cccc3)n2Cc2ccccc2)cc1. The molecule has 168 valence electrons. The number of hydrogen-bond donors (Lipinski definition) is 1. The van der Waals surface area contributed by atoms with E-state index in [-0.39, 0.29) is 17.6 Å². The summed E-state index contributed by atoms with van der Waals surface area (Å²) in [6.45, 7) is 2.66. The van der Waals surface area contributed by atoms with Crippen molar-refractivity contribution < 1.29 is 14.3 Å². The number of ether oxygens (including phenoxy) is 1. The topological polar surface area (TPSA) is 91.0 Å². The van der Waals surface area contributed by atoms with Crippen LogP contribution in [-0.4, -0.2) is 43.6 Å². The fourth-order valence-corrected chi connectivity index (χ4v) is 3.92. The van der Waals surface area contributed by atoms with Gasteiger partial charge in [0.05, 0.1) is 24.5 Å². The summed E-state index contributed by atoms with van der Waals surface area (Å²) in [7, 11) is 0. The molecule has 0 fully saturated rings. The van der Waals surface area contributed by atoms with Crippen molar-refractivity contribution in [3.05, 3.63) is 90.3 Å². The first-order valence-electron chi connectivity index (χ1n) is 10.4. The molecule has 0 atom stereocenters. The van der Waals surface area contributed by atoms with E-state index in [2.05, 4.69) is 15.5 Å². The molecule has 4 rings (SSSR count). The fraction of sp³-hybridized carbons (Fsp3) is 0.167. The van der Waals surface area contributed by atoms with Crippen molar-refractivity contribution in [1.29, 1.82) is 0 Å². The Bertz CT molecular complexity index is 1200. The second-order valence-electron chi connectivity index (χ2n) is 7.08. The highest BCUT2D eigenvalue weighted by Crippen LogP contribution is 2.21. The monoisotopic (exact) mass is 461 g/mol. The third-order valence-electron chi connectivity index (χ3n) is 4.73. The van der Waals surface area contributed by atoms with E-state index in [1.165, 1.54) is 11.8 Å². The maximum absolute atomic E-state index is 12.5. The Morgan fingerprint density at radius 2 is 1.70 bits per heavy atom. The van der Waals surface area contributed by atoms with Gasteiger partial charge in [0.1, 0.15) is 0 Å². The number of nitrogens with one attached hydrogen (secondary N) is 1. The zero-order valence-electron chi connectivity index (χ0n) is 18.0. The lowest BCUT2D eigenvalue weighted by molar-refractivity contribution is -0.113. The number of anilines is 1. The van der Waals surface area contributed by atoms with Crippen LogP contribution in [0.4, 0.5) is 5.69 Å². The van der Waals surface area contributed by atoms with Crippen LogP contribution in [0.2, 0.25) is 0 Å². The average molecular weight is 462 g/mol. The van der Waals surface area contributed by atoms with Gasteiger partial charge in [-0.1, -0.05) is 42.1 Å². The minimum absolute atomic E-state index is 0.165. The van der Waals surface area contributed by atoms with Gasteiger partial charge in [-0.3, -0.25) is 13.9 Å². The van der Waals surface area contributed by atoms with Gasteiger partial charge in [-0.15, -0.1) is 10.2 Å². The van der Waals surface area contributed by atoms with Crippen LogP contribution in [0.5, 0.6) is 0 Å². The number of nitrogens with zero attached hydrogens (tertiary/aromatic N) is 4. The predicted octanol–water partition coefficient (Wildman–Crippen LogP) is 4.02. The Hall–Kier alpha value is -3.85. The minimum Gasteiger partial charge on any atom is -0.462 e. The molecule has 0 aliphatic heterocycles. The molecule has 33 heavy (non-hydrogen) atoms. The van der Waals surface area contributed by atoms with E-state index in [0.29, 0.717) is 35.5 Å². The third-order valence-corrected chi connectivity index (χ3v) is 5.70. The molecule has 9 heteroatoms. The summed E-state index contributed by atoms with van der Waals surface area (Å²) < 4.78 is 8.85. The molecule has 2 heterocycles. The third kappa shape index (κ3) is 5.69. The first kappa shape index (κ1) is 22.3. The molecule has 0 saturated carbocycles. The number of aromatic nitrogens is 4. The van der Waals surface area contributed by atoms with E-state index in [1.807, 2.05) is 64.0 Å². The van der Waals surface area contributed by atoms with Gasteiger partial charge in [0.25, 0.3) is 0 Å². The molecule has 1 amide bonds. The smallest absolute Gasteiger partial charge is 0.338 e. The molecule has 4 aromatic rings. The first-order valence-corrected chi connectivity index (χ1v) is 11.4. The van der Waals surface area contributed by atoms with Crippen LogP contribution >= 0.6 is 11.8 Å². The van der Waals surface area contributed by atoms with Crippen molar-refractivity contribution in [2.75, 3.05) is 17.7 Å². The minimum atomic E-state index is -0.387. The summed E-state index contributed by atoms with van der Waals surface area (Å²) in [5.74, 6) is 0.280. The van der Waals surface area contributed by atoms with E-state index in [0.717, 1.165) is 5.56 Å². The molecule has 8 nitrogen and oxygen atoms in total. The number of benzene rings is 2. The number of hydrogen-bond acceptors (Lipinski definition) is 6. The molecule has 0 unspecified atom stereocenters. The fourth-order valence-electron chi connectivity index (χ4n) is 3.18. The summed E-state index contributed by atoms with van der Waals surface area (Å²) in [5.41, 5.74) is 2.15. The number of carbonyl (C=O) groups excluding carboxylic acids is 2. The maximum atomic E-state index is 12.5. The molecular formula is C24H23N5O3S. The predicted molar refractivity (Wildman–Crippen MR) is 127 cm³/mol. The van der Waals surface area contributed by atoms with E-state index < -0.39 is 0 Å². The molecule has 2 aromatic heterocycles. The molecule has 0 aliphatic carbocycles. The van der Waals surface area contributed by atoms with Crippen molar-refractivity contribution in [3.63, 3.8) is 0 Å². The summed E-state index contributed by atoms with van der Waals surface area (Å²) in [4.78, 5) is 24.3. The van der Waals surface area contributed by atoms with Crippen LogP contribution < -0.4 is 5.32 Å². The molecule has 1 N–H and O–H groups in total. The number of amides is 1. The van der Waals surface area contributed by atoms with E-state index in [1.54, 1.807) is 31.2 Å². The van der Waals surface area contributed by atoms with Crippen molar-refractivity contribution >= 4 is 29.3 Å². The Balaban J connectivity index is 1.43. The van der Waals surface area contributed by atoms with Crippen molar-refractivity contribution in [3.8, 4) is 5.95 Å². The summed E-state index contributed by atoms with van der Waals surface area (Å²) in [6, 6.07) is 20.5. The van der Waals surface area contributed by atoms with Gasteiger partial charge in [0, 0.05) is 18.1 Å². The molecule has 0 radical (unpaired) electrons. The van der Waals surface area contributed by atoms with Crippen LogP contribution in [-0.2, 0) is 16.1 Å². The molecule has 0 spiro atoms. The lowest BCUT2D eigenvalue weighted by atomic mass is 10.2.